The lowest BCUT2D eigenvalue weighted by Crippen LogP contribution is -2.09. The Bertz CT molecular complexity index is 534. The number of hydrogen-bond acceptors (Lipinski definition) is 3. The summed E-state index contributed by atoms with van der Waals surface area (Å²) in [6.07, 6.45) is 0.835. The largest absolute Gasteiger partial charge is 0.398 e. The molecule has 0 spiro atoms. The number of benzene rings is 1. The van der Waals surface area contributed by atoms with E-state index in [0.717, 1.165) is 8.95 Å². The van der Waals surface area contributed by atoms with Crippen LogP contribution in [0.1, 0.15) is 17.4 Å². The maximum Gasteiger partial charge on any atom is 0.124 e. The van der Waals surface area contributed by atoms with Crippen molar-refractivity contribution in [3.63, 3.8) is 0 Å². The second kappa shape index (κ2) is 4.80. The van der Waals surface area contributed by atoms with Crippen molar-refractivity contribution in [2.75, 3.05) is 5.73 Å². The topological polar surface area (TPSA) is 64.1 Å². The lowest BCUT2D eigenvalue weighted by atomic mass is 10.0. The number of aliphatic hydroxyl groups excluding tert-OH is 1. The van der Waals surface area contributed by atoms with Crippen LogP contribution in [0.4, 0.5) is 5.69 Å². The van der Waals surface area contributed by atoms with Crippen LogP contribution in [0.15, 0.2) is 33.3 Å². The molecule has 0 bridgehead atoms. The van der Waals surface area contributed by atoms with Crippen molar-refractivity contribution in [2.45, 2.75) is 6.10 Å². The fraction of sp³-hybridized carbons (Fsp3) is 0.182. The number of aryl methyl sites for hydroxylation is 1. The summed E-state index contributed by atoms with van der Waals surface area (Å²) in [5.41, 5.74) is 7.75. The van der Waals surface area contributed by atoms with E-state index in [1.807, 2.05) is 6.07 Å². The zero-order valence-electron chi connectivity index (χ0n) is 9.06. The molecule has 4 nitrogen and oxygen atoms in total. The lowest BCUT2D eigenvalue weighted by molar-refractivity contribution is 0.209. The molecule has 1 heterocycles. The minimum Gasteiger partial charge on any atom is -0.398 e. The van der Waals surface area contributed by atoms with Crippen LogP contribution in [-0.4, -0.2) is 14.9 Å². The first-order valence-electron chi connectivity index (χ1n) is 4.91. The molecule has 0 fully saturated rings. The molecule has 1 aromatic heterocycles. The fourth-order valence-electron chi connectivity index (χ4n) is 1.66. The van der Waals surface area contributed by atoms with Crippen molar-refractivity contribution in [3.8, 4) is 0 Å². The standard InChI is InChI=1S/C11H11Br2N3O/c1-16-10(8(13)5-15-16)11(17)7-4-6(12)2-3-9(7)14/h2-5,11,17H,14H2,1H3. The number of nitrogens with zero attached hydrogens (tertiary/aromatic N) is 2. The Kier molecular flexibility index (Phi) is 3.56. The van der Waals surface area contributed by atoms with Gasteiger partial charge < -0.3 is 10.8 Å². The normalized spacial score (nSPS) is 12.7. The first-order chi connectivity index (χ1) is 8.00. The molecule has 90 valence electrons. The van der Waals surface area contributed by atoms with Crippen molar-refractivity contribution < 1.29 is 5.11 Å². The summed E-state index contributed by atoms with van der Waals surface area (Å²) in [4.78, 5) is 0. The summed E-state index contributed by atoms with van der Waals surface area (Å²) < 4.78 is 3.25. The third kappa shape index (κ3) is 2.38. The minimum atomic E-state index is -0.811. The highest BCUT2D eigenvalue weighted by Gasteiger charge is 2.20. The Morgan fingerprint density at radius 2 is 2.12 bits per heavy atom. The van der Waals surface area contributed by atoms with E-state index < -0.39 is 6.10 Å². The molecule has 0 aliphatic rings. The highest BCUT2D eigenvalue weighted by atomic mass is 79.9. The summed E-state index contributed by atoms with van der Waals surface area (Å²) in [6, 6.07) is 5.40. The average molecular weight is 361 g/mol. The molecule has 1 aromatic carbocycles. The molecular weight excluding hydrogens is 350 g/mol. The maximum atomic E-state index is 10.4. The van der Waals surface area contributed by atoms with Crippen LogP contribution >= 0.6 is 31.9 Å². The molecule has 0 aliphatic heterocycles. The van der Waals surface area contributed by atoms with Gasteiger partial charge in [0.2, 0.25) is 0 Å². The Balaban J connectivity index is 2.50. The van der Waals surface area contributed by atoms with E-state index in [9.17, 15) is 5.11 Å². The quantitative estimate of drug-likeness (QED) is 0.809. The van der Waals surface area contributed by atoms with Gasteiger partial charge in [-0.2, -0.15) is 5.10 Å². The second-order valence-corrected chi connectivity index (χ2v) is 5.45. The molecule has 0 amide bonds. The Hall–Kier alpha value is -0.850. The van der Waals surface area contributed by atoms with Gasteiger partial charge >= 0.3 is 0 Å². The lowest BCUT2D eigenvalue weighted by Gasteiger charge is -2.15. The predicted molar refractivity (Wildman–Crippen MR) is 73.5 cm³/mol. The first kappa shape index (κ1) is 12.6. The predicted octanol–water partition coefficient (Wildman–Crippen LogP) is 2.61. The Morgan fingerprint density at radius 3 is 2.71 bits per heavy atom. The number of hydrogen-bond donors (Lipinski definition) is 2. The molecule has 3 N–H and O–H groups in total. The third-order valence-electron chi connectivity index (χ3n) is 2.54. The second-order valence-electron chi connectivity index (χ2n) is 3.68. The van der Waals surface area contributed by atoms with Gasteiger partial charge in [0.05, 0.1) is 16.4 Å². The molecule has 6 heteroatoms. The van der Waals surface area contributed by atoms with Gasteiger partial charge in [-0.25, -0.2) is 0 Å². The van der Waals surface area contributed by atoms with Gasteiger partial charge in [-0.3, -0.25) is 4.68 Å². The molecule has 1 atom stereocenters. The van der Waals surface area contributed by atoms with Crippen molar-refractivity contribution in [2.24, 2.45) is 7.05 Å². The van der Waals surface area contributed by atoms with Crippen LogP contribution in [0.2, 0.25) is 0 Å². The Morgan fingerprint density at radius 1 is 1.41 bits per heavy atom. The average Bonchev–Trinajstić information content (AvgIpc) is 2.61. The molecule has 0 saturated heterocycles. The fourth-order valence-corrected chi connectivity index (χ4v) is 2.60. The smallest absolute Gasteiger partial charge is 0.124 e. The van der Waals surface area contributed by atoms with Gasteiger partial charge in [0.25, 0.3) is 0 Å². The highest BCUT2D eigenvalue weighted by Crippen LogP contribution is 2.32. The molecule has 0 saturated carbocycles. The zero-order chi connectivity index (χ0) is 12.6. The van der Waals surface area contributed by atoms with E-state index in [2.05, 4.69) is 37.0 Å². The molecule has 0 aliphatic carbocycles. The highest BCUT2D eigenvalue weighted by molar-refractivity contribution is 9.10. The van der Waals surface area contributed by atoms with E-state index in [0.29, 0.717) is 16.9 Å². The molecular formula is C11H11Br2N3O. The molecule has 2 rings (SSSR count). The summed E-state index contributed by atoms with van der Waals surface area (Å²) in [5, 5.41) is 14.4. The number of nitrogens with two attached hydrogens (primary N) is 1. The van der Waals surface area contributed by atoms with Crippen LogP contribution in [0.25, 0.3) is 0 Å². The third-order valence-corrected chi connectivity index (χ3v) is 3.64. The number of aromatic nitrogens is 2. The Labute approximate surface area is 116 Å². The maximum absolute atomic E-state index is 10.4. The van der Waals surface area contributed by atoms with Crippen molar-refractivity contribution >= 4 is 37.5 Å². The van der Waals surface area contributed by atoms with Crippen LogP contribution in [0, 0.1) is 0 Å². The van der Waals surface area contributed by atoms with Crippen molar-refractivity contribution in [1.82, 2.24) is 9.78 Å². The van der Waals surface area contributed by atoms with Crippen LogP contribution < -0.4 is 5.73 Å². The number of aliphatic hydroxyl groups is 1. The SMILES string of the molecule is Cn1ncc(Br)c1C(O)c1cc(Br)ccc1N. The van der Waals surface area contributed by atoms with Crippen molar-refractivity contribution in [3.05, 3.63) is 44.6 Å². The minimum absolute atomic E-state index is 0.550. The number of nitrogen functional groups attached to an aromatic ring is 1. The molecule has 1 unspecified atom stereocenters. The zero-order valence-corrected chi connectivity index (χ0v) is 12.2. The number of rotatable bonds is 2. The van der Waals surface area contributed by atoms with E-state index in [1.54, 1.807) is 30.1 Å². The van der Waals surface area contributed by atoms with Gasteiger partial charge in [-0.15, -0.1) is 0 Å². The summed E-state index contributed by atoms with van der Waals surface area (Å²) >= 11 is 6.73. The summed E-state index contributed by atoms with van der Waals surface area (Å²) in [5.74, 6) is 0. The number of halogens is 2. The van der Waals surface area contributed by atoms with E-state index >= 15 is 0 Å². The van der Waals surface area contributed by atoms with Crippen LogP contribution in [0.3, 0.4) is 0 Å². The number of anilines is 1. The van der Waals surface area contributed by atoms with E-state index in [-0.39, 0.29) is 0 Å². The van der Waals surface area contributed by atoms with E-state index in [4.69, 9.17) is 5.73 Å². The van der Waals surface area contributed by atoms with Crippen LogP contribution in [-0.2, 0) is 7.05 Å². The van der Waals surface area contributed by atoms with Gasteiger partial charge in [0.1, 0.15) is 6.10 Å². The summed E-state index contributed by atoms with van der Waals surface area (Å²) in [7, 11) is 1.78. The van der Waals surface area contributed by atoms with Crippen molar-refractivity contribution in [1.29, 1.82) is 0 Å². The van der Waals surface area contributed by atoms with Gasteiger partial charge in [0.15, 0.2) is 0 Å². The van der Waals surface area contributed by atoms with Gasteiger partial charge in [-0.05, 0) is 34.1 Å². The molecule has 0 radical (unpaired) electrons. The molecule has 2 aromatic rings. The van der Waals surface area contributed by atoms with E-state index in [1.165, 1.54) is 0 Å². The van der Waals surface area contributed by atoms with Crippen LogP contribution in [0.5, 0.6) is 0 Å². The monoisotopic (exact) mass is 359 g/mol. The van der Waals surface area contributed by atoms with Gasteiger partial charge in [0, 0.05) is 22.8 Å². The van der Waals surface area contributed by atoms with Gasteiger partial charge in [-0.1, -0.05) is 15.9 Å². The first-order valence-corrected chi connectivity index (χ1v) is 6.49. The summed E-state index contributed by atoms with van der Waals surface area (Å²) in [6.45, 7) is 0. The molecule has 17 heavy (non-hydrogen) atoms.